The molecule has 2 rings (SSSR count). The van der Waals surface area contributed by atoms with Crippen molar-refractivity contribution in [3.63, 3.8) is 0 Å². The number of phenolic OH excluding ortho intramolecular Hbond substituents is 1. The number of anilines is 1. The third kappa shape index (κ3) is 1.28. The van der Waals surface area contributed by atoms with Crippen LogP contribution in [0.1, 0.15) is 11.1 Å². The fourth-order valence-corrected chi connectivity index (χ4v) is 1.81. The molecule has 0 aromatic heterocycles. The second-order valence-corrected chi connectivity index (χ2v) is 3.59. The molecule has 0 radical (unpaired) electrons. The number of fused-ring (bicyclic) bond motifs is 1. The van der Waals surface area contributed by atoms with Gasteiger partial charge in [0.1, 0.15) is 11.8 Å². The maximum absolute atomic E-state index is 11.0. The smallest absolute Gasteiger partial charge is 0.240 e. The molecule has 1 aliphatic heterocycles. The summed E-state index contributed by atoms with van der Waals surface area (Å²) >= 11 is 0. The molecule has 4 N–H and O–H groups in total. The summed E-state index contributed by atoms with van der Waals surface area (Å²) in [6.07, 6.45) is 0.608. The van der Waals surface area contributed by atoms with Crippen LogP contribution in [0.25, 0.3) is 0 Å². The van der Waals surface area contributed by atoms with Gasteiger partial charge in [0.2, 0.25) is 5.91 Å². The summed E-state index contributed by atoms with van der Waals surface area (Å²) in [6, 6.07) is 2.96. The van der Waals surface area contributed by atoms with Crippen LogP contribution >= 0.6 is 0 Å². The van der Waals surface area contributed by atoms with Gasteiger partial charge < -0.3 is 16.2 Å². The molecule has 1 atom stereocenters. The number of hydrogen-bond acceptors (Lipinski definition) is 3. The third-order valence-corrected chi connectivity index (χ3v) is 2.54. The van der Waals surface area contributed by atoms with Gasteiger partial charge in [0.15, 0.2) is 0 Å². The Balaban J connectivity index is 2.39. The minimum atomic E-state index is -0.361. The summed E-state index contributed by atoms with van der Waals surface area (Å²) in [5, 5.41) is 12.3. The van der Waals surface area contributed by atoms with Crippen LogP contribution in [0.5, 0.6) is 5.75 Å². The predicted molar refractivity (Wildman–Crippen MR) is 53.2 cm³/mol. The van der Waals surface area contributed by atoms with Crippen molar-refractivity contribution in [2.45, 2.75) is 19.4 Å². The zero-order chi connectivity index (χ0) is 10.3. The highest BCUT2D eigenvalue weighted by atomic mass is 16.3. The van der Waals surface area contributed by atoms with Gasteiger partial charge in [-0.1, -0.05) is 0 Å². The molecule has 0 spiro atoms. The van der Waals surface area contributed by atoms with E-state index in [0.717, 1.165) is 16.8 Å². The first-order chi connectivity index (χ1) is 6.58. The Morgan fingerprint density at radius 3 is 3.00 bits per heavy atom. The summed E-state index contributed by atoms with van der Waals surface area (Å²) in [4.78, 5) is 11.0. The topological polar surface area (TPSA) is 75.3 Å². The molecular formula is C10H12N2O2. The van der Waals surface area contributed by atoms with Crippen LogP contribution in [0.2, 0.25) is 0 Å². The maximum atomic E-state index is 11.0. The Morgan fingerprint density at radius 1 is 1.64 bits per heavy atom. The van der Waals surface area contributed by atoms with Crippen molar-refractivity contribution >= 4 is 11.6 Å². The molecule has 1 aliphatic rings. The monoisotopic (exact) mass is 192 g/mol. The zero-order valence-corrected chi connectivity index (χ0v) is 7.87. The first-order valence-corrected chi connectivity index (χ1v) is 4.46. The number of nitrogens with one attached hydrogen (secondary N) is 1. The highest BCUT2D eigenvalue weighted by Gasteiger charge is 2.26. The van der Waals surface area contributed by atoms with Gasteiger partial charge in [-0.2, -0.15) is 0 Å². The van der Waals surface area contributed by atoms with Crippen molar-refractivity contribution in [3.8, 4) is 5.75 Å². The summed E-state index contributed by atoms with van der Waals surface area (Å²) in [7, 11) is 0. The first-order valence-electron chi connectivity index (χ1n) is 4.46. The number of primary amides is 1. The van der Waals surface area contributed by atoms with E-state index < -0.39 is 0 Å². The molecule has 1 amide bonds. The van der Waals surface area contributed by atoms with E-state index >= 15 is 0 Å². The molecule has 1 aromatic carbocycles. The number of hydrogen-bond donors (Lipinski definition) is 3. The van der Waals surface area contributed by atoms with Crippen LogP contribution < -0.4 is 11.1 Å². The minimum Gasteiger partial charge on any atom is -0.508 e. The molecule has 4 heteroatoms. The quantitative estimate of drug-likeness (QED) is 0.607. The fourth-order valence-electron chi connectivity index (χ4n) is 1.81. The van der Waals surface area contributed by atoms with Gasteiger partial charge in [-0.15, -0.1) is 0 Å². The molecule has 0 saturated heterocycles. The van der Waals surface area contributed by atoms with Gasteiger partial charge in [0.05, 0.1) is 0 Å². The Kier molecular flexibility index (Phi) is 1.84. The number of carbonyl (C=O) groups excluding carboxylic acids is 1. The Bertz CT molecular complexity index is 401. The molecule has 1 heterocycles. The Morgan fingerprint density at radius 2 is 2.36 bits per heavy atom. The lowest BCUT2D eigenvalue weighted by Gasteiger charge is -2.05. The van der Waals surface area contributed by atoms with Crippen LogP contribution in [0.3, 0.4) is 0 Å². The number of nitrogens with two attached hydrogens (primary N) is 1. The molecule has 1 unspecified atom stereocenters. The van der Waals surface area contributed by atoms with Crippen LogP contribution in [-0.4, -0.2) is 17.1 Å². The van der Waals surface area contributed by atoms with Crippen molar-refractivity contribution in [2.24, 2.45) is 5.73 Å². The summed E-state index contributed by atoms with van der Waals surface area (Å²) in [5.41, 5.74) is 8.06. The van der Waals surface area contributed by atoms with Crippen molar-refractivity contribution < 1.29 is 9.90 Å². The number of aromatic hydroxyl groups is 1. The van der Waals surface area contributed by atoms with Crippen molar-refractivity contribution in [2.75, 3.05) is 5.32 Å². The fraction of sp³-hybridized carbons (Fsp3) is 0.300. The van der Waals surface area contributed by atoms with Crippen LogP contribution in [0.15, 0.2) is 12.1 Å². The van der Waals surface area contributed by atoms with E-state index in [1.807, 2.05) is 6.92 Å². The third-order valence-electron chi connectivity index (χ3n) is 2.54. The largest absolute Gasteiger partial charge is 0.508 e. The molecule has 0 aliphatic carbocycles. The molecular weight excluding hydrogens is 180 g/mol. The highest BCUT2D eigenvalue weighted by molar-refractivity contribution is 5.86. The SMILES string of the molecule is Cc1cc(O)cc2c1CC(C(N)=O)N2. The number of carbonyl (C=O) groups is 1. The number of benzene rings is 1. The second-order valence-electron chi connectivity index (χ2n) is 3.59. The van der Waals surface area contributed by atoms with Crippen molar-refractivity contribution in [3.05, 3.63) is 23.3 Å². The standard InChI is InChI=1S/C10H12N2O2/c1-5-2-6(13)3-8-7(5)4-9(12-8)10(11)14/h2-3,9,12-13H,4H2,1H3,(H2,11,14). The van der Waals surface area contributed by atoms with Gasteiger partial charge in [0, 0.05) is 18.2 Å². The lowest BCUT2D eigenvalue weighted by Crippen LogP contribution is -2.33. The van der Waals surface area contributed by atoms with Crippen LogP contribution in [0.4, 0.5) is 5.69 Å². The average molecular weight is 192 g/mol. The average Bonchev–Trinajstić information content (AvgIpc) is 2.47. The van der Waals surface area contributed by atoms with Crippen molar-refractivity contribution in [1.29, 1.82) is 0 Å². The van der Waals surface area contributed by atoms with Gasteiger partial charge in [-0.25, -0.2) is 0 Å². The zero-order valence-electron chi connectivity index (χ0n) is 7.87. The number of amides is 1. The van der Waals surface area contributed by atoms with Gasteiger partial charge in [-0.3, -0.25) is 4.79 Å². The van der Waals surface area contributed by atoms with Gasteiger partial charge in [0.25, 0.3) is 0 Å². The molecule has 0 bridgehead atoms. The van der Waals surface area contributed by atoms with Crippen molar-refractivity contribution in [1.82, 2.24) is 0 Å². The van der Waals surface area contributed by atoms with E-state index in [4.69, 9.17) is 5.73 Å². The lowest BCUT2D eigenvalue weighted by molar-refractivity contribution is -0.118. The molecule has 74 valence electrons. The van der Waals surface area contributed by atoms with E-state index in [-0.39, 0.29) is 17.7 Å². The highest BCUT2D eigenvalue weighted by Crippen LogP contribution is 2.32. The number of aryl methyl sites for hydroxylation is 1. The van der Waals surface area contributed by atoms with Gasteiger partial charge in [-0.05, 0) is 24.1 Å². The van der Waals surface area contributed by atoms with Crippen LogP contribution in [-0.2, 0) is 11.2 Å². The Labute approximate surface area is 81.7 Å². The van der Waals surface area contributed by atoms with E-state index in [1.54, 1.807) is 12.1 Å². The van der Waals surface area contributed by atoms with E-state index in [1.165, 1.54) is 0 Å². The molecule has 14 heavy (non-hydrogen) atoms. The second kappa shape index (κ2) is 2.90. The van der Waals surface area contributed by atoms with E-state index in [9.17, 15) is 9.90 Å². The van der Waals surface area contributed by atoms with Gasteiger partial charge >= 0.3 is 0 Å². The first kappa shape index (κ1) is 8.87. The Hall–Kier alpha value is -1.71. The normalized spacial score (nSPS) is 18.8. The summed E-state index contributed by atoms with van der Waals surface area (Å²) in [6.45, 7) is 1.91. The predicted octanol–water partition coefficient (Wildman–Crippen LogP) is 0.523. The number of phenols is 1. The van der Waals surface area contributed by atoms with E-state index in [2.05, 4.69) is 5.32 Å². The summed E-state index contributed by atoms with van der Waals surface area (Å²) < 4.78 is 0. The lowest BCUT2D eigenvalue weighted by atomic mass is 10.0. The number of rotatable bonds is 1. The minimum absolute atomic E-state index is 0.207. The van der Waals surface area contributed by atoms with Crippen LogP contribution in [0, 0.1) is 6.92 Å². The molecule has 0 fully saturated rings. The molecule has 4 nitrogen and oxygen atoms in total. The van der Waals surface area contributed by atoms with E-state index in [0.29, 0.717) is 6.42 Å². The maximum Gasteiger partial charge on any atom is 0.240 e. The summed E-state index contributed by atoms with van der Waals surface area (Å²) in [5.74, 6) is -0.154. The molecule has 0 saturated carbocycles. The molecule has 1 aromatic rings.